The van der Waals surface area contributed by atoms with Crippen molar-refractivity contribution in [1.82, 2.24) is 10.2 Å². The van der Waals surface area contributed by atoms with E-state index in [1.54, 1.807) is 23.1 Å². The van der Waals surface area contributed by atoms with Crippen molar-refractivity contribution in [2.24, 2.45) is 5.92 Å². The van der Waals surface area contributed by atoms with Crippen LogP contribution in [0.3, 0.4) is 0 Å². The minimum atomic E-state index is -0.968. The van der Waals surface area contributed by atoms with Crippen LogP contribution in [0.5, 0.6) is 0 Å². The Morgan fingerprint density at radius 1 is 1.03 bits per heavy atom. The third kappa shape index (κ3) is 7.47. The monoisotopic (exact) mass is 518 g/mol. The molecule has 6 heteroatoms. The Morgan fingerprint density at radius 2 is 1.71 bits per heavy atom. The predicted octanol–water partition coefficient (Wildman–Crippen LogP) is 6.90. The molecule has 2 aromatic carbocycles. The zero-order valence-electron chi connectivity index (χ0n) is 23.2. The molecule has 0 heterocycles. The van der Waals surface area contributed by atoms with E-state index in [0.29, 0.717) is 24.5 Å². The largest absolute Gasteiger partial charge is 0.478 e. The van der Waals surface area contributed by atoms with Gasteiger partial charge in [-0.05, 0) is 88.1 Å². The highest BCUT2D eigenvalue weighted by atomic mass is 16.6. The van der Waals surface area contributed by atoms with Crippen LogP contribution >= 0.6 is 0 Å². The molecule has 2 atom stereocenters. The van der Waals surface area contributed by atoms with Crippen molar-refractivity contribution in [2.45, 2.75) is 96.5 Å². The summed E-state index contributed by atoms with van der Waals surface area (Å²) < 4.78 is 5.76. The highest BCUT2D eigenvalue weighted by Crippen LogP contribution is 2.43. The van der Waals surface area contributed by atoms with Crippen LogP contribution < -0.4 is 5.32 Å². The van der Waals surface area contributed by atoms with Crippen molar-refractivity contribution in [3.05, 3.63) is 77.4 Å². The topological polar surface area (TPSA) is 78.9 Å². The van der Waals surface area contributed by atoms with E-state index in [-0.39, 0.29) is 17.7 Å². The third-order valence-electron chi connectivity index (χ3n) is 7.46. The molecule has 0 unspecified atom stereocenters. The average Bonchev–Trinajstić information content (AvgIpc) is 3.64. The van der Waals surface area contributed by atoms with Gasteiger partial charge in [-0.15, -0.1) is 0 Å². The van der Waals surface area contributed by atoms with Gasteiger partial charge in [-0.3, -0.25) is 0 Å². The second-order valence-electron chi connectivity index (χ2n) is 11.7. The van der Waals surface area contributed by atoms with Crippen LogP contribution in [0.2, 0.25) is 0 Å². The maximum absolute atomic E-state index is 13.2. The van der Waals surface area contributed by atoms with E-state index >= 15 is 0 Å². The minimum absolute atomic E-state index is 0.0613. The molecule has 2 aromatic rings. The number of nitrogens with one attached hydrogen (secondary N) is 1. The SMILES string of the molecule is CC/C=C(/c1ccccc1)[C@@H]1C[C@H]1N[C@H]1CC[C@H](N(Cc2cccc(C(=O)O)c2)C(=O)OC(C)(C)C)CC1. The van der Waals surface area contributed by atoms with Crippen LogP contribution in [0.4, 0.5) is 4.79 Å². The van der Waals surface area contributed by atoms with Gasteiger partial charge in [0.2, 0.25) is 0 Å². The quantitative estimate of drug-likeness (QED) is 0.377. The lowest BCUT2D eigenvalue weighted by Gasteiger charge is -2.38. The summed E-state index contributed by atoms with van der Waals surface area (Å²) in [5, 5.41) is 13.3. The number of carboxylic acid groups (broad SMARTS) is 1. The van der Waals surface area contributed by atoms with Crippen LogP contribution in [0.25, 0.3) is 5.57 Å². The summed E-state index contributed by atoms with van der Waals surface area (Å²) in [7, 11) is 0. The molecule has 0 bridgehead atoms. The highest BCUT2D eigenvalue weighted by Gasteiger charge is 2.42. The van der Waals surface area contributed by atoms with E-state index < -0.39 is 11.6 Å². The molecule has 0 aliphatic heterocycles. The number of allylic oxidation sites excluding steroid dienone is 1. The number of nitrogens with zero attached hydrogens (tertiary/aromatic N) is 1. The van der Waals surface area contributed by atoms with Crippen LogP contribution in [0.1, 0.15) is 87.7 Å². The van der Waals surface area contributed by atoms with Gasteiger partial charge in [0.15, 0.2) is 0 Å². The fraction of sp³-hybridized carbons (Fsp3) is 0.500. The van der Waals surface area contributed by atoms with Crippen molar-refractivity contribution >= 4 is 17.6 Å². The first-order chi connectivity index (χ1) is 18.1. The Bertz CT molecular complexity index is 1130. The number of rotatable bonds is 9. The summed E-state index contributed by atoms with van der Waals surface area (Å²) in [6.45, 7) is 8.15. The first-order valence-corrected chi connectivity index (χ1v) is 14.0. The molecular formula is C32H42N2O4. The number of hydrogen-bond acceptors (Lipinski definition) is 4. The number of carbonyl (C=O) groups excluding carboxylic acids is 1. The maximum atomic E-state index is 13.2. The molecule has 2 N–H and O–H groups in total. The fourth-order valence-electron chi connectivity index (χ4n) is 5.58. The number of hydrogen-bond donors (Lipinski definition) is 2. The second-order valence-corrected chi connectivity index (χ2v) is 11.7. The zero-order valence-corrected chi connectivity index (χ0v) is 23.2. The Hall–Kier alpha value is -3.12. The Labute approximate surface area is 227 Å². The molecule has 38 heavy (non-hydrogen) atoms. The van der Waals surface area contributed by atoms with Gasteiger partial charge < -0.3 is 20.1 Å². The molecule has 6 nitrogen and oxygen atoms in total. The van der Waals surface area contributed by atoms with Gasteiger partial charge in [0.05, 0.1) is 5.56 Å². The Balaban J connectivity index is 1.37. The lowest BCUT2D eigenvalue weighted by atomic mass is 9.89. The number of benzene rings is 2. The first kappa shape index (κ1) is 27.9. The van der Waals surface area contributed by atoms with Gasteiger partial charge in [0.1, 0.15) is 5.60 Å². The fourth-order valence-corrected chi connectivity index (χ4v) is 5.58. The van der Waals surface area contributed by atoms with Crippen molar-refractivity contribution in [3.8, 4) is 0 Å². The molecule has 2 aliphatic rings. The molecule has 0 aromatic heterocycles. The molecule has 2 fully saturated rings. The number of carboxylic acids is 1. The first-order valence-electron chi connectivity index (χ1n) is 14.0. The maximum Gasteiger partial charge on any atom is 0.410 e. The van der Waals surface area contributed by atoms with Gasteiger partial charge in [-0.25, -0.2) is 9.59 Å². The van der Waals surface area contributed by atoms with Gasteiger partial charge in [-0.2, -0.15) is 0 Å². The second kappa shape index (κ2) is 12.2. The molecule has 0 radical (unpaired) electrons. The number of ether oxygens (including phenoxy) is 1. The van der Waals surface area contributed by atoms with Crippen molar-refractivity contribution in [3.63, 3.8) is 0 Å². The van der Waals surface area contributed by atoms with Crippen molar-refractivity contribution in [1.29, 1.82) is 0 Å². The summed E-state index contributed by atoms with van der Waals surface area (Å²) in [5.74, 6) is -0.403. The summed E-state index contributed by atoms with van der Waals surface area (Å²) in [6, 6.07) is 18.5. The van der Waals surface area contributed by atoms with Gasteiger partial charge in [-0.1, -0.05) is 55.5 Å². The van der Waals surface area contributed by atoms with Gasteiger partial charge in [0, 0.05) is 30.6 Å². The van der Waals surface area contributed by atoms with Gasteiger partial charge in [0.25, 0.3) is 0 Å². The standard InChI is InChI=1S/C32H42N2O4/c1-5-10-27(23-12-7-6-8-13-23)28-20-29(28)33-25-15-17-26(18-16-25)34(31(37)38-32(2,3)4)21-22-11-9-14-24(19-22)30(35)36/h6-14,19,25-26,28-29,33H,5,15-18,20-21H2,1-4H3,(H,35,36)/b27-10-/t25-,26-,28-,29+/m0/s1. The third-order valence-corrected chi connectivity index (χ3v) is 7.46. The number of carbonyl (C=O) groups is 2. The van der Waals surface area contributed by atoms with Gasteiger partial charge >= 0.3 is 12.1 Å². The van der Waals surface area contributed by atoms with Crippen LogP contribution in [-0.4, -0.2) is 45.8 Å². The van der Waals surface area contributed by atoms with E-state index in [4.69, 9.17) is 4.74 Å². The van der Waals surface area contributed by atoms with Crippen LogP contribution in [0.15, 0.2) is 60.7 Å². The Morgan fingerprint density at radius 3 is 2.34 bits per heavy atom. The molecule has 1 amide bonds. The van der Waals surface area contributed by atoms with E-state index in [1.807, 2.05) is 26.8 Å². The molecule has 204 valence electrons. The normalized spacial score (nSPS) is 23.5. The number of amides is 1. The summed E-state index contributed by atoms with van der Waals surface area (Å²) >= 11 is 0. The zero-order chi connectivity index (χ0) is 27.3. The highest BCUT2D eigenvalue weighted by molar-refractivity contribution is 5.87. The molecule has 4 rings (SSSR count). The van der Waals surface area contributed by atoms with Crippen LogP contribution in [-0.2, 0) is 11.3 Å². The molecule has 0 spiro atoms. The minimum Gasteiger partial charge on any atom is -0.478 e. The molecule has 2 aliphatic carbocycles. The molecular weight excluding hydrogens is 476 g/mol. The van der Waals surface area contributed by atoms with E-state index in [9.17, 15) is 14.7 Å². The average molecular weight is 519 g/mol. The summed E-state index contributed by atoms with van der Waals surface area (Å²) in [5.41, 5.74) is 3.21. The number of aromatic carboxylic acids is 1. The van der Waals surface area contributed by atoms with E-state index in [1.165, 1.54) is 17.6 Å². The smallest absolute Gasteiger partial charge is 0.410 e. The van der Waals surface area contributed by atoms with Crippen molar-refractivity contribution < 1.29 is 19.4 Å². The predicted molar refractivity (Wildman–Crippen MR) is 151 cm³/mol. The van der Waals surface area contributed by atoms with Crippen molar-refractivity contribution in [2.75, 3.05) is 0 Å². The van der Waals surface area contributed by atoms with E-state index in [0.717, 1.165) is 37.7 Å². The Kier molecular flexibility index (Phi) is 8.93. The molecule has 0 saturated heterocycles. The lowest BCUT2D eigenvalue weighted by Crippen LogP contribution is -2.47. The lowest BCUT2D eigenvalue weighted by molar-refractivity contribution is 0.00876. The summed E-state index contributed by atoms with van der Waals surface area (Å²) in [6.07, 6.45) is 8.03. The van der Waals surface area contributed by atoms with Crippen LogP contribution in [0, 0.1) is 5.92 Å². The summed E-state index contributed by atoms with van der Waals surface area (Å²) in [4.78, 5) is 26.5. The van der Waals surface area contributed by atoms with E-state index in [2.05, 4.69) is 48.6 Å². The molecule has 2 saturated carbocycles.